The number of nitrogens with one attached hydrogen (secondary N) is 3. The molecule has 0 aromatic heterocycles. The van der Waals surface area contributed by atoms with E-state index in [1.54, 1.807) is 0 Å². The summed E-state index contributed by atoms with van der Waals surface area (Å²) in [5, 5.41) is 8.58. The van der Waals surface area contributed by atoms with Crippen LogP contribution in [0.2, 0.25) is 0 Å². The summed E-state index contributed by atoms with van der Waals surface area (Å²) in [6.07, 6.45) is 2.21. The van der Waals surface area contributed by atoms with Gasteiger partial charge in [-0.3, -0.25) is 14.9 Å². The van der Waals surface area contributed by atoms with Gasteiger partial charge in [-0.15, -0.1) is 0 Å². The first kappa shape index (κ1) is 8.50. The smallest absolute Gasteiger partial charge is 0.227 e. The molecule has 5 nitrogen and oxygen atoms in total. The van der Waals surface area contributed by atoms with Gasteiger partial charge in [-0.05, 0) is 12.8 Å². The zero-order valence-electron chi connectivity index (χ0n) is 7.30. The maximum absolute atomic E-state index is 11.5. The molecule has 0 saturated carbocycles. The fourth-order valence-corrected chi connectivity index (χ4v) is 2.13. The molecule has 2 fully saturated rings. The maximum atomic E-state index is 11.5. The number of carbonyl (C=O) groups excluding carboxylic acids is 2. The first-order chi connectivity index (χ1) is 6.27. The van der Waals surface area contributed by atoms with Crippen LogP contribution < -0.4 is 16.0 Å². The maximum Gasteiger partial charge on any atom is 0.227 e. The molecule has 2 heterocycles. The summed E-state index contributed by atoms with van der Waals surface area (Å²) in [7, 11) is 0. The van der Waals surface area contributed by atoms with E-state index in [0.717, 1.165) is 13.0 Å². The van der Waals surface area contributed by atoms with E-state index in [-0.39, 0.29) is 17.5 Å². The largest absolute Gasteiger partial charge is 0.356 e. The zero-order chi connectivity index (χ0) is 9.31. The number of hydrogen-bond donors (Lipinski definition) is 3. The predicted molar refractivity (Wildman–Crippen MR) is 45.7 cm³/mol. The second-order valence-corrected chi connectivity index (χ2v) is 3.71. The van der Waals surface area contributed by atoms with Crippen molar-refractivity contribution in [3.05, 3.63) is 0 Å². The molecule has 2 saturated heterocycles. The fourth-order valence-electron chi connectivity index (χ4n) is 2.13. The van der Waals surface area contributed by atoms with E-state index in [1.165, 1.54) is 0 Å². The molecule has 0 bridgehead atoms. The number of amides is 2. The third-order valence-electron chi connectivity index (χ3n) is 2.92. The lowest BCUT2D eigenvalue weighted by atomic mass is 9.85. The van der Waals surface area contributed by atoms with Crippen LogP contribution in [0.25, 0.3) is 0 Å². The Morgan fingerprint density at radius 3 is 3.08 bits per heavy atom. The monoisotopic (exact) mass is 183 g/mol. The van der Waals surface area contributed by atoms with Crippen LogP contribution >= 0.6 is 0 Å². The van der Waals surface area contributed by atoms with Gasteiger partial charge >= 0.3 is 0 Å². The SMILES string of the molecule is O=CN[C@@H]1C[C@@]2(CCNC2=O)CN1. The highest BCUT2D eigenvalue weighted by Gasteiger charge is 2.47. The van der Waals surface area contributed by atoms with Crippen molar-refractivity contribution < 1.29 is 9.59 Å². The summed E-state index contributed by atoms with van der Waals surface area (Å²) in [5.41, 5.74) is -0.263. The highest BCUT2D eigenvalue weighted by atomic mass is 16.2. The van der Waals surface area contributed by atoms with Gasteiger partial charge in [0.15, 0.2) is 0 Å². The van der Waals surface area contributed by atoms with Crippen LogP contribution in [-0.4, -0.2) is 31.6 Å². The Hall–Kier alpha value is -1.10. The molecular formula is C8H13N3O2. The molecule has 3 N–H and O–H groups in total. The molecule has 72 valence electrons. The number of carbonyl (C=O) groups is 2. The van der Waals surface area contributed by atoms with Crippen molar-refractivity contribution in [2.75, 3.05) is 13.1 Å². The molecule has 0 aliphatic carbocycles. The average molecular weight is 183 g/mol. The van der Waals surface area contributed by atoms with Crippen LogP contribution in [0.3, 0.4) is 0 Å². The van der Waals surface area contributed by atoms with E-state index in [1.807, 2.05) is 0 Å². The summed E-state index contributed by atoms with van der Waals surface area (Å²) in [6, 6.07) is 0. The molecule has 0 radical (unpaired) electrons. The quantitative estimate of drug-likeness (QED) is 0.459. The molecule has 2 aliphatic rings. The molecule has 2 aliphatic heterocycles. The third kappa shape index (κ3) is 1.29. The van der Waals surface area contributed by atoms with Crippen LogP contribution in [-0.2, 0) is 9.59 Å². The molecule has 2 rings (SSSR count). The van der Waals surface area contributed by atoms with E-state index in [4.69, 9.17) is 0 Å². The van der Waals surface area contributed by atoms with Gasteiger partial charge in [-0.2, -0.15) is 0 Å². The second-order valence-electron chi connectivity index (χ2n) is 3.71. The van der Waals surface area contributed by atoms with E-state index in [9.17, 15) is 9.59 Å². The Bertz CT molecular complexity index is 244. The van der Waals surface area contributed by atoms with Gasteiger partial charge < -0.3 is 10.6 Å². The Morgan fingerprint density at radius 1 is 1.62 bits per heavy atom. The first-order valence-electron chi connectivity index (χ1n) is 4.48. The topological polar surface area (TPSA) is 70.2 Å². The molecule has 2 atom stereocenters. The van der Waals surface area contributed by atoms with Crippen LogP contribution in [0.5, 0.6) is 0 Å². The van der Waals surface area contributed by atoms with E-state index >= 15 is 0 Å². The lowest BCUT2D eigenvalue weighted by Gasteiger charge is -2.17. The molecule has 0 aromatic carbocycles. The van der Waals surface area contributed by atoms with Crippen molar-refractivity contribution in [3.8, 4) is 0 Å². The second kappa shape index (κ2) is 2.99. The van der Waals surface area contributed by atoms with Crippen LogP contribution in [0.4, 0.5) is 0 Å². The van der Waals surface area contributed by atoms with Gasteiger partial charge in [-0.25, -0.2) is 0 Å². The molecular weight excluding hydrogens is 170 g/mol. The van der Waals surface area contributed by atoms with E-state index in [2.05, 4.69) is 16.0 Å². The minimum atomic E-state index is -0.263. The highest BCUT2D eigenvalue weighted by Crippen LogP contribution is 2.34. The number of hydrogen-bond acceptors (Lipinski definition) is 3. The van der Waals surface area contributed by atoms with E-state index in [0.29, 0.717) is 19.4 Å². The summed E-state index contributed by atoms with van der Waals surface area (Å²) >= 11 is 0. The molecule has 13 heavy (non-hydrogen) atoms. The normalized spacial score (nSPS) is 37.8. The first-order valence-corrected chi connectivity index (χ1v) is 4.48. The average Bonchev–Trinajstić information content (AvgIpc) is 2.64. The zero-order valence-corrected chi connectivity index (χ0v) is 7.30. The Labute approximate surface area is 76.3 Å². The lowest BCUT2D eigenvalue weighted by molar-refractivity contribution is -0.127. The predicted octanol–water partition coefficient (Wildman–Crippen LogP) is -1.44. The number of rotatable bonds is 2. The lowest BCUT2D eigenvalue weighted by Crippen LogP contribution is -2.35. The summed E-state index contributed by atoms with van der Waals surface area (Å²) in [6.45, 7) is 1.43. The minimum Gasteiger partial charge on any atom is -0.356 e. The molecule has 1 spiro atoms. The summed E-state index contributed by atoms with van der Waals surface area (Å²) in [4.78, 5) is 21.7. The standard InChI is InChI=1S/C8H13N3O2/c12-5-11-6-3-8(4-10-6)1-2-9-7(8)13/h5-6,10H,1-4H2,(H,9,13)(H,11,12)/t6-,8+/m1/s1. The van der Waals surface area contributed by atoms with Crippen molar-refractivity contribution in [2.24, 2.45) is 5.41 Å². The van der Waals surface area contributed by atoms with Crippen LogP contribution in [0, 0.1) is 5.41 Å². The Kier molecular flexibility index (Phi) is 1.95. The van der Waals surface area contributed by atoms with E-state index < -0.39 is 0 Å². The van der Waals surface area contributed by atoms with Gasteiger partial charge in [0.2, 0.25) is 12.3 Å². The van der Waals surface area contributed by atoms with Crippen molar-refractivity contribution in [2.45, 2.75) is 19.0 Å². The van der Waals surface area contributed by atoms with Crippen molar-refractivity contribution in [3.63, 3.8) is 0 Å². The molecule has 5 heteroatoms. The fraction of sp³-hybridized carbons (Fsp3) is 0.750. The molecule has 0 unspecified atom stereocenters. The van der Waals surface area contributed by atoms with Crippen LogP contribution in [0.1, 0.15) is 12.8 Å². The van der Waals surface area contributed by atoms with Gasteiger partial charge in [-0.1, -0.05) is 0 Å². The van der Waals surface area contributed by atoms with Gasteiger partial charge in [0.25, 0.3) is 0 Å². The Morgan fingerprint density at radius 2 is 2.46 bits per heavy atom. The summed E-state index contributed by atoms with van der Waals surface area (Å²) in [5.74, 6) is 0.121. The van der Waals surface area contributed by atoms with Gasteiger partial charge in [0.1, 0.15) is 0 Å². The Balaban J connectivity index is 2.03. The minimum absolute atomic E-state index is 0.0404. The summed E-state index contributed by atoms with van der Waals surface area (Å²) < 4.78 is 0. The van der Waals surface area contributed by atoms with Crippen molar-refractivity contribution in [1.29, 1.82) is 0 Å². The van der Waals surface area contributed by atoms with Crippen molar-refractivity contribution >= 4 is 12.3 Å². The van der Waals surface area contributed by atoms with Gasteiger partial charge in [0.05, 0.1) is 11.6 Å². The van der Waals surface area contributed by atoms with Gasteiger partial charge in [0, 0.05) is 13.1 Å². The third-order valence-corrected chi connectivity index (χ3v) is 2.92. The highest BCUT2D eigenvalue weighted by molar-refractivity contribution is 5.85. The van der Waals surface area contributed by atoms with Crippen molar-refractivity contribution in [1.82, 2.24) is 16.0 Å². The molecule has 2 amide bonds. The molecule has 0 aromatic rings. The van der Waals surface area contributed by atoms with Crippen LogP contribution in [0.15, 0.2) is 0 Å².